The number of hydrogen-bond donors (Lipinski definition) is 15. The standard InChI is InChI=1S/C64H118N6O33/c1-42(2)64(39-95-12-6-49(77)65-9-15-86-18-21-89-24-27-92-30-33-98-61-52(68-43(3)74)58(83)55(80)46(36-71)101-61,40-96-13-7-50(78)66-10-16-87-19-22-90-25-28-93-31-34-99-62-53(69-44(4)75)59(84)56(81)47(37-72)102-62)41-97-14-8-51(79)67-11-17-88-20-23-91-26-29-94-32-35-100-63-54(70-45(5)76)60(85)57(82)48(38-73)103-63/h42,46-48,52-63,71-73,80-85H,6-41H2,1-5H3,(H,65,77)(H,66,78)(H,67,79)(H,68,74)(H,69,75)(H,70,76). The summed E-state index contributed by atoms with van der Waals surface area (Å²) in [5.74, 6) is -2.28. The first-order valence-corrected chi connectivity index (χ1v) is 34.9. The molecule has 15 unspecified atom stereocenters. The summed E-state index contributed by atoms with van der Waals surface area (Å²) in [6, 6.07) is -3.17. The molecular formula is C64H118N6O33. The van der Waals surface area contributed by atoms with Crippen molar-refractivity contribution in [1.29, 1.82) is 0 Å². The largest absolute Gasteiger partial charge is 0.394 e. The number of aliphatic hydroxyl groups excluding tert-OH is 9. The molecule has 3 heterocycles. The molecular weight excluding hydrogens is 1380 g/mol. The number of carbonyl (C=O) groups excluding carboxylic acids is 6. The zero-order valence-electron chi connectivity index (χ0n) is 60.0. The van der Waals surface area contributed by atoms with Gasteiger partial charge >= 0.3 is 0 Å². The predicted octanol–water partition coefficient (Wildman–Crippen LogP) is -7.77. The highest BCUT2D eigenvalue weighted by atomic mass is 16.7. The first-order valence-electron chi connectivity index (χ1n) is 34.9. The number of nitrogens with one attached hydrogen (secondary N) is 6. The SMILES string of the molecule is CC(=O)NC1C(OCCOCCOCCOCCNC(=O)CCOCC(COCCC(=O)NCCOCCOCCOCCOC2OC(CO)C(O)C(O)C2NC(C)=O)(COCCC(=O)NCCOCCOCCOCCOC2OC(CO)C(O)C(O)C2NC(C)=O)C(C)C)OC(CO)C(O)C1O. The second-order valence-electron chi connectivity index (χ2n) is 24.4. The summed E-state index contributed by atoms with van der Waals surface area (Å²) in [5.41, 5.74) is -0.752. The van der Waals surface area contributed by atoms with Crippen molar-refractivity contribution >= 4 is 35.4 Å². The zero-order chi connectivity index (χ0) is 75.6. The van der Waals surface area contributed by atoms with Crippen LogP contribution in [0.3, 0.4) is 0 Å². The maximum absolute atomic E-state index is 12.8. The van der Waals surface area contributed by atoms with Crippen molar-refractivity contribution in [2.24, 2.45) is 11.3 Å². The maximum Gasteiger partial charge on any atom is 0.222 e. The van der Waals surface area contributed by atoms with Gasteiger partial charge in [0.05, 0.1) is 198 Å². The molecule has 3 saturated heterocycles. The molecule has 0 saturated carbocycles. The molecule has 0 aromatic rings. The van der Waals surface area contributed by atoms with Gasteiger partial charge in [-0.2, -0.15) is 0 Å². The van der Waals surface area contributed by atoms with Gasteiger partial charge < -0.3 is 163 Å². The topological polar surface area (TPSA) is 523 Å². The lowest BCUT2D eigenvalue weighted by molar-refractivity contribution is -0.272. The van der Waals surface area contributed by atoms with E-state index in [0.717, 1.165) is 0 Å². The number of hydrogen-bond acceptors (Lipinski definition) is 33. The third-order valence-corrected chi connectivity index (χ3v) is 16.0. The van der Waals surface area contributed by atoms with Crippen LogP contribution in [0, 0.1) is 11.3 Å². The van der Waals surface area contributed by atoms with Gasteiger partial charge in [0.2, 0.25) is 35.4 Å². The van der Waals surface area contributed by atoms with Gasteiger partial charge in [-0.25, -0.2) is 0 Å². The van der Waals surface area contributed by atoms with E-state index in [1.807, 2.05) is 13.8 Å². The lowest BCUT2D eigenvalue weighted by Gasteiger charge is -2.42. The Balaban J connectivity index is 1.31. The summed E-state index contributed by atoms with van der Waals surface area (Å²) >= 11 is 0. The lowest BCUT2D eigenvalue weighted by atomic mass is 9.79. The van der Waals surface area contributed by atoms with Crippen LogP contribution in [-0.2, 0) is 114 Å². The maximum atomic E-state index is 12.8. The van der Waals surface area contributed by atoms with Crippen LogP contribution in [0.5, 0.6) is 0 Å². The summed E-state index contributed by atoms with van der Waals surface area (Å²) in [4.78, 5) is 73.1. The van der Waals surface area contributed by atoms with Crippen molar-refractivity contribution in [2.45, 2.75) is 146 Å². The molecule has 3 aliphatic rings. The minimum Gasteiger partial charge on any atom is -0.394 e. The molecule has 0 spiro atoms. The van der Waals surface area contributed by atoms with Gasteiger partial charge in [-0.1, -0.05) is 13.8 Å². The normalized spacial score (nSPS) is 25.6. The Morgan fingerprint density at radius 1 is 0.330 bits per heavy atom. The lowest BCUT2D eigenvalue weighted by Crippen LogP contribution is -2.64. The molecule has 0 radical (unpaired) electrons. The summed E-state index contributed by atoms with van der Waals surface area (Å²) in [6.07, 6.45) is -15.1. The summed E-state index contributed by atoms with van der Waals surface area (Å²) in [5, 5.41) is 106. The van der Waals surface area contributed by atoms with Crippen molar-refractivity contribution in [2.75, 3.05) is 218 Å². The third kappa shape index (κ3) is 38.9. The fourth-order valence-electron chi connectivity index (χ4n) is 10.1. The molecule has 3 rings (SSSR count). The molecule has 6 amide bonds. The molecule has 3 aliphatic heterocycles. The quantitative estimate of drug-likeness (QED) is 0.0252. The third-order valence-electron chi connectivity index (χ3n) is 16.0. The number of aliphatic hydroxyl groups is 9. The molecule has 39 heteroatoms. The summed E-state index contributed by atoms with van der Waals surface area (Å²) in [6.45, 7) is 11.4. The van der Waals surface area contributed by atoms with Crippen LogP contribution < -0.4 is 31.9 Å². The van der Waals surface area contributed by atoms with E-state index in [-0.39, 0.29) is 241 Å². The Hall–Kier alpha value is -4.26. The van der Waals surface area contributed by atoms with E-state index < -0.39 is 135 Å². The molecule has 39 nitrogen and oxygen atoms in total. The van der Waals surface area contributed by atoms with Crippen molar-refractivity contribution in [3.63, 3.8) is 0 Å². The van der Waals surface area contributed by atoms with Crippen molar-refractivity contribution in [3.05, 3.63) is 0 Å². The smallest absolute Gasteiger partial charge is 0.222 e. The van der Waals surface area contributed by atoms with Gasteiger partial charge in [-0.15, -0.1) is 0 Å². The highest BCUT2D eigenvalue weighted by molar-refractivity contribution is 5.77. The van der Waals surface area contributed by atoms with Crippen LogP contribution in [0.1, 0.15) is 53.9 Å². The summed E-state index contributed by atoms with van der Waals surface area (Å²) in [7, 11) is 0. The first-order chi connectivity index (χ1) is 49.6. The fourth-order valence-corrected chi connectivity index (χ4v) is 10.1. The molecule has 103 heavy (non-hydrogen) atoms. The van der Waals surface area contributed by atoms with E-state index in [9.17, 15) is 74.7 Å². The van der Waals surface area contributed by atoms with Gasteiger partial charge in [0.15, 0.2) is 18.9 Å². The average molecular weight is 1500 g/mol. The number of ether oxygens (including phenoxy) is 18. The molecule has 0 aromatic heterocycles. The Morgan fingerprint density at radius 2 is 0.553 bits per heavy atom. The molecule has 15 N–H and O–H groups in total. The molecule has 0 aliphatic carbocycles. The number of carbonyl (C=O) groups is 6. The molecule has 3 fully saturated rings. The van der Waals surface area contributed by atoms with E-state index in [1.165, 1.54) is 20.8 Å². The monoisotopic (exact) mass is 1500 g/mol. The molecule has 602 valence electrons. The van der Waals surface area contributed by atoms with E-state index in [4.69, 9.17) is 85.3 Å². The van der Waals surface area contributed by atoms with Crippen molar-refractivity contribution in [3.8, 4) is 0 Å². The van der Waals surface area contributed by atoms with Gasteiger partial charge in [-0.3, -0.25) is 28.8 Å². The van der Waals surface area contributed by atoms with Crippen LogP contribution in [0.2, 0.25) is 0 Å². The van der Waals surface area contributed by atoms with Gasteiger partial charge in [0.1, 0.15) is 73.1 Å². The minimum absolute atomic E-state index is 0.0221. The van der Waals surface area contributed by atoms with Crippen molar-refractivity contribution in [1.82, 2.24) is 31.9 Å². The minimum atomic E-state index is -1.42. The van der Waals surface area contributed by atoms with Crippen molar-refractivity contribution < 1.29 is 160 Å². The van der Waals surface area contributed by atoms with E-state index in [2.05, 4.69) is 31.9 Å². The van der Waals surface area contributed by atoms with Crippen LogP contribution in [0.15, 0.2) is 0 Å². The van der Waals surface area contributed by atoms with Gasteiger partial charge in [-0.05, 0) is 5.92 Å². The fraction of sp³-hybridized carbons (Fsp3) is 0.906. The van der Waals surface area contributed by atoms with Gasteiger partial charge in [0.25, 0.3) is 0 Å². The highest BCUT2D eigenvalue weighted by Crippen LogP contribution is 2.30. The van der Waals surface area contributed by atoms with Crippen LogP contribution in [0.4, 0.5) is 0 Å². The Labute approximate surface area is 600 Å². The average Bonchev–Trinajstić information content (AvgIpc) is 0.822. The Kier molecular flexibility index (Phi) is 50.6. The Morgan fingerprint density at radius 3 is 0.767 bits per heavy atom. The number of rotatable bonds is 61. The van der Waals surface area contributed by atoms with Crippen LogP contribution in [-0.4, -0.2) is 391 Å². The van der Waals surface area contributed by atoms with E-state index in [1.54, 1.807) is 0 Å². The first kappa shape index (κ1) is 92.9. The zero-order valence-corrected chi connectivity index (χ0v) is 60.0. The second kappa shape index (κ2) is 56.1. The second-order valence-corrected chi connectivity index (χ2v) is 24.4. The summed E-state index contributed by atoms with van der Waals surface area (Å²) < 4.78 is 101. The Bertz CT molecular complexity index is 2030. The predicted molar refractivity (Wildman–Crippen MR) is 354 cm³/mol. The molecule has 0 aromatic carbocycles. The van der Waals surface area contributed by atoms with Gasteiger partial charge in [0, 0.05) is 65.1 Å². The number of amides is 6. The molecule has 15 atom stereocenters. The van der Waals surface area contributed by atoms with Crippen LogP contribution >= 0.6 is 0 Å². The van der Waals surface area contributed by atoms with E-state index in [0.29, 0.717) is 0 Å². The van der Waals surface area contributed by atoms with E-state index >= 15 is 0 Å². The van der Waals surface area contributed by atoms with Crippen LogP contribution in [0.25, 0.3) is 0 Å². The molecule has 0 bridgehead atoms. The highest BCUT2D eigenvalue weighted by Gasteiger charge is 2.48.